The fraction of sp³-hybridized carbons (Fsp3) is 0.0909. The average molecular weight is 310 g/mol. The molecule has 1 heterocycles. The van der Waals surface area contributed by atoms with Gasteiger partial charge in [-0.05, 0) is 24.3 Å². The first-order chi connectivity index (χ1) is 8.72. The molecule has 0 unspecified atom stereocenters. The number of benzene rings is 1. The lowest BCUT2D eigenvalue weighted by molar-refractivity contribution is -0.0517. The van der Waals surface area contributed by atoms with E-state index >= 15 is 0 Å². The highest BCUT2D eigenvalue weighted by atomic mass is 32.2. The summed E-state index contributed by atoms with van der Waals surface area (Å²) in [6.45, 7) is 0. The van der Waals surface area contributed by atoms with Crippen LogP contribution in [-0.4, -0.2) is 18.5 Å². The van der Waals surface area contributed by atoms with Crippen molar-refractivity contribution in [1.82, 2.24) is 0 Å². The Morgan fingerprint density at radius 3 is 1.74 bits per heavy atom. The second-order valence-corrected chi connectivity index (χ2v) is 6.37. The van der Waals surface area contributed by atoms with E-state index in [1.54, 1.807) is 0 Å². The summed E-state index contributed by atoms with van der Waals surface area (Å²) in [5, 5.41) is 4.46. The summed E-state index contributed by atoms with van der Waals surface area (Å²) in [4.78, 5) is 1.40. The summed E-state index contributed by atoms with van der Waals surface area (Å²) in [5.41, 5.74) is -5.65. The Morgan fingerprint density at radius 1 is 0.947 bits per heavy atom. The van der Waals surface area contributed by atoms with Crippen LogP contribution in [0.1, 0.15) is 0 Å². The van der Waals surface area contributed by atoms with E-state index in [2.05, 4.69) is 53.2 Å². The maximum absolute atomic E-state index is 10.7. The molecule has 1 aromatic heterocycles. The lowest BCUT2D eigenvalue weighted by Gasteiger charge is -2.08. The molecule has 8 heteroatoms. The molecule has 0 saturated heterocycles. The van der Waals surface area contributed by atoms with Crippen molar-refractivity contribution in [2.75, 3.05) is 0 Å². The molecule has 0 fully saturated rings. The minimum Gasteiger partial charge on any atom is -0.741 e. The third-order valence-electron chi connectivity index (χ3n) is 1.86. The van der Waals surface area contributed by atoms with Crippen molar-refractivity contribution in [1.29, 1.82) is 0 Å². The van der Waals surface area contributed by atoms with Gasteiger partial charge in [0.2, 0.25) is 0 Å². The van der Waals surface area contributed by atoms with Gasteiger partial charge in [0, 0.05) is 10.5 Å². The zero-order valence-electron chi connectivity index (χ0n) is 9.37. The van der Waals surface area contributed by atoms with Crippen LogP contribution in [0.2, 0.25) is 0 Å². The van der Waals surface area contributed by atoms with E-state index in [9.17, 15) is 13.2 Å². The fourth-order valence-electron chi connectivity index (χ4n) is 1.04. The van der Waals surface area contributed by atoms with Gasteiger partial charge in [0.25, 0.3) is 0 Å². The van der Waals surface area contributed by atoms with Crippen LogP contribution in [-0.2, 0) is 10.1 Å². The number of hydrogen-bond acceptors (Lipinski definition) is 3. The van der Waals surface area contributed by atoms with E-state index in [0.29, 0.717) is 0 Å². The van der Waals surface area contributed by atoms with Crippen LogP contribution in [0.15, 0.2) is 53.2 Å². The molecule has 0 saturated carbocycles. The summed E-state index contributed by atoms with van der Waals surface area (Å²) < 4.78 is 58.9. The van der Waals surface area contributed by atoms with Gasteiger partial charge in [-0.2, -0.15) is 13.2 Å². The second kappa shape index (κ2) is 6.18. The zero-order valence-corrected chi connectivity index (χ0v) is 11.0. The first-order valence-corrected chi connectivity index (χ1v) is 7.62. The molecule has 2 rings (SSSR count). The molecule has 0 atom stereocenters. The molecule has 0 N–H and O–H groups in total. The van der Waals surface area contributed by atoms with E-state index in [4.69, 9.17) is 13.0 Å². The Morgan fingerprint density at radius 2 is 1.37 bits per heavy atom. The average Bonchev–Trinajstić information content (AvgIpc) is 2.81. The molecule has 0 bridgehead atoms. The molecule has 0 spiro atoms. The summed E-state index contributed by atoms with van der Waals surface area (Å²) in [6, 6.07) is 14.8. The largest absolute Gasteiger partial charge is 0.741 e. The van der Waals surface area contributed by atoms with Gasteiger partial charge in [0.1, 0.15) is 10.8 Å². The van der Waals surface area contributed by atoms with Crippen molar-refractivity contribution in [3.8, 4) is 4.90 Å². The minimum absolute atomic E-state index is 0.248. The monoisotopic (exact) mass is 310 g/mol. The highest BCUT2D eigenvalue weighted by Crippen LogP contribution is 2.28. The normalized spacial score (nSPS) is 11.6. The molecule has 19 heavy (non-hydrogen) atoms. The number of hydrogen-bond donors (Lipinski definition) is 0. The maximum atomic E-state index is 10.7. The summed E-state index contributed by atoms with van der Waals surface area (Å²) in [5.74, 6) is 0. The quantitative estimate of drug-likeness (QED) is 0.460. The highest BCUT2D eigenvalue weighted by molar-refractivity contribution is 7.86. The Balaban J connectivity index is 0.000000203. The second-order valence-electron chi connectivity index (χ2n) is 3.24. The van der Waals surface area contributed by atoms with Gasteiger partial charge in [-0.1, -0.05) is 18.2 Å². The molecular formula is C11H9F3O3S2. The Kier molecular flexibility index (Phi) is 5.10. The SMILES string of the molecule is O=S(=O)([O-])C(F)(F)F.c1ccc(-[s+]2cccc2)cc1. The predicted octanol–water partition coefficient (Wildman–Crippen LogP) is 3.48. The van der Waals surface area contributed by atoms with Crippen molar-refractivity contribution in [3.05, 3.63) is 53.2 Å². The van der Waals surface area contributed by atoms with Crippen LogP contribution in [0.3, 0.4) is 0 Å². The molecule has 3 nitrogen and oxygen atoms in total. The van der Waals surface area contributed by atoms with E-state index in [0.717, 1.165) is 0 Å². The van der Waals surface area contributed by atoms with Gasteiger partial charge in [-0.3, -0.25) is 0 Å². The van der Waals surface area contributed by atoms with E-state index in [1.165, 1.54) is 4.90 Å². The third kappa shape index (κ3) is 5.01. The van der Waals surface area contributed by atoms with E-state index in [-0.39, 0.29) is 10.5 Å². The fourth-order valence-corrected chi connectivity index (χ4v) is 2.44. The van der Waals surface area contributed by atoms with Gasteiger partial charge >= 0.3 is 5.51 Å². The van der Waals surface area contributed by atoms with Crippen molar-refractivity contribution >= 4 is 20.6 Å². The molecule has 0 aliphatic rings. The first-order valence-electron chi connectivity index (χ1n) is 4.86. The van der Waals surface area contributed by atoms with Crippen LogP contribution in [0.25, 0.3) is 4.90 Å². The Hall–Kier alpha value is -1.38. The first kappa shape index (κ1) is 15.7. The van der Waals surface area contributed by atoms with E-state index < -0.39 is 15.6 Å². The molecule has 0 radical (unpaired) electrons. The highest BCUT2D eigenvalue weighted by Gasteiger charge is 2.36. The molecule has 0 amide bonds. The predicted molar refractivity (Wildman–Crippen MR) is 66.0 cm³/mol. The molecule has 0 aliphatic carbocycles. The summed E-state index contributed by atoms with van der Waals surface area (Å²) >= 11 is 0. The van der Waals surface area contributed by atoms with Crippen LogP contribution >= 0.6 is 10.5 Å². The molecule has 104 valence electrons. The third-order valence-corrected chi connectivity index (χ3v) is 4.14. The Bertz CT molecular complexity index is 590. The molecular weight excluding hydrogens is 301 g/mol. The number of alkyl halides is 3. The zero-order chi connectivity index (χ0) is 14.5. The van der Waals surface area contributed by atoms with E-state index in [1.807, 2.05) is 0 Å². The van der Waals surface area contributed by atoms with Gasteiger partial charge in [-0.15, -0.1) is 0 Å². The lowest BCUT2D eigenvalue weighted by atomic mass is 10.4. The molecule has 2 aromatic rings. The van der Waals surface area contributed by atoms with Gasteiger partial charge in [0.05, 0.1) is 0 Å². The topological polar surface area (TPSA) is 57.2 Å². The smallest absolute Gasteiger partial charge is 0.485 e. The van der Waals surface area contributed by atoms with Crippen molar-refractivity contribution < 1.29 is 26.1 Å². The molecule has 0 aliphatic heterocycles. The van der Waals surface area contributed by atoms with Crippen molar-refractivity contribution in [3.63, 3.8) is 0 Å². The van der Waals surface area contributed by atoms with Crippen molar-refractivity contribution in [2.45, 2.75) is 5.51 Å². The van der Waals surface area contributed by atoms with Crippen LogP contribution in [0, 0.1) is 0 Å². The summed E-state index contributed by atoms with van der Waals surface area (Å²) in [7, 11) is -5.84. The van der Waals surface area contributed by atoms with Gasteiger partial charge in [-0.25, -0.2) is 8.42 Å². The van der Waals surface area contributed by atoms with Gasteiger partial charge < -0.3 is 4.55 Å². The van der Waals surface area contributed by atoms with Crippen molar-refractivity contribution in [2.24, 2.45) is 0 Å². The standard InChI is InChI=1S/C10H9S.CHF3O3S/c1-2-6-10(7-3-1)11-8-4-5-9-11;2-1(3,4)8(5,6)7/h1-9H;(H,5,6,7)/q+1;/p-1. The Labute approximate surface area is 111 Å². The number of thiophene rings is 1. The van der Waals surface area contributed by atoms with Crippen LogP contribution < -0.4 is 0 Å². The summed E-state index contributed by atoms with van der Waals surface area (Å²) in [6.07, 6.45) is 0. The molecule has 1 aromatic carbocycles. The van der Waals surface area contributed by atoms with Crippen LogP contribution in [0.4, 0.5) is 13.2 Å². The van der Waals surface area contributed by atoms with Crippen LogP contribution in [0.5, 0.6) is 0 Å². The maximum Gasteiger partial charge on any atom is 0.485 e. The lowest BCUT2D eigenvalue weighted by Crippen LogP contribution is -2.21. The number of rotatable bonds is 1. The van der Waals surface area contributed by atoms with Gasteiger partial charge in [0.15, 0.2) is 15.0 Å². The number of halogens is 3. The minimum atomic E-state index is -6.09.